The topological polar surface area (TPSA) is 128 Å². The van der Waals surface area contributed by atoms with E-state index in [-0.39, 0.29) is 42.2 Å². The third-order valence-electron chi connectivity index (χ3n) is 6.80. The number of anilines is 2. The Balaban J connectivity index is 1.61. The highest BCUT2D eigenvalue weighted by molar-refractivity contribution is 7.91. The van der Waals surface area contributed by atoms with E-state index in [4.69, 9.17) is 4.74 Å². The number of thiophene rings is 1. The van der Waals surface area contributed by atoms with Crippen molar-refractivity contribution in [1.82, 2.24) is 9.21 Å². The highest BCUT2D eigenvalue weighted by atomic mass is 32.2. The Morgan fingerprint density at radius 3 is 2.55 bits per heavy atom. The molecule has 0 bridgehead atoms. The lowest BCUT2D eigenvalue weighted by atomic mass is 10.0. The van der Waals surface area contributed by atoms with E-state index in [0.29, 0.717) is 22.7 Å². The van der Waals surface area contributed by atoms with Crippen LogP contribution in [0.5, 0.6) is 5.75 Å². The first-order chi connectivity index (χ1) is 19.1. The first-order valence-electron chi connectivity index (χ1n) is 12.9. The van der Waals surface area contributed by atoms with Crippen molar-refractivity contribution in [3.05, 3.63) is 71.6 Å². The number of hydrogen-bond donors (Lipinski definition) is 3. The maximum absolute atomic E-state index is 13.4. The fourth-order valence-electron chi connectivity index (χ4n) is 4.46. The molecule has 3 N–H and O–H groups in total. The second-order valence-corrected chi connectivity index (χ2v) is 13.1. The first kappa shape index (κ1) is 29.5. The van der Waals surface area contributed by atoms with E-state index in [1.807, 2.05) is 25.1 Å². The molecule has 0 aliphatic carbocycles. The molecule has 1 aromatic heterocycles. The Hall–Kier alpha value is -3.45. The number of urea groups is 1. The highest BCUT2D eigenvalue weighted by Crippen LogP contribution is 2.30. The third kappa shape index (κ3) is 7.00. The van der Waals surface area contributed by atoms with Gasteiger partial charge in [0.2, 0.25) is 5.91 Å². The molecular formula is C28H34N4O6S2. The number of sulfonamides is 1. The zero-order valence-electron chi connectivity index (χ0n) is 22.6. The van der Waals surface area contributed by atoms with E-state index >= 15 is 0 Å². The number of carbonyl (C=O) groups is 2. The number of fused-ring (bicyclic) bond motifs is 1. The Labute approximate surface area is 238 Å². The van der Waals surface area contributed by atoms with Gasteiger partial charge in [-0.1, -0.05) is 31.2 Å². The van der Waals surface area contributed by atoms with Crippen LogP contribution < -0.4 is 15.4 Å². The summed E-state index contributed by atoms with van der Waals surface area (Å²) < 4.78 is 34.2. The van der Waals surface area contributed by atoms with E-state index in [2.05, 4.69) is 10.6 Å². The fraction of sp³-hybridized carbons (Fsp3) is 0.357. The predicted molar refractivity (Wildman–Crippen MR) is 155 cm³/mol. The predicted octanol–water partition coefficient (Wildman–Crippen LogP) is 3.86. The van der Waals surface area contributed by atoms with Crippen molar-refractivity contribution in [2.24, 2.45) is 5.92 Å². The summed E-state index contributed by atoms with van der Waals surface area (Å²) >= 11 is 1.14. The Bertz CT molecular complexity index is 1420. The van der Waals surface area contributed by atoms with Gasteiger partial charge in [0.1, 0.15) is 16.1 Å². The van der Waals surface area contributed by atoms with Crippen LogP contribution in [-0.2, 0) is 21.2 Å². The van der Waals surface area contributed by atoms with Crippen LogP contribution in [0.25, 0.3) is 0 Å². The summed E-state index contributed by atoms with van der Waals surface area (Å²) in [6.45, 7) is 3.77. The molecule has 2 heterocycles. The number of benzene rings is 2. The van der Waals surface area contributed by atoms with Gasteiger partial charge in [0.15, 0.2) is 0 Å². The quantitative estimate of drug-likeness (QED) is 0.368. The van der Waals surface area contributed by atoms with Crippen LogP contribution in [0.15, 0.2) is 70.3 Å². The minimum absolute atomic E-state index is 0.0156. The monoisotopic (exact) mass is 586 g/mol. The van der Waals surface area contributed by atoms with Crippen LogP contribution in [0.3, 0.4) is 0 Å². The maximum atomic E-state index is 13.4. The number of aliphatic hydroxyl groups is 1. The average molecular weight is 587 g/mol. The molecule has 4 rings (SSSR count). The number of nitrogens with zero attached hydrogens (tertiary/aromatic N) is 2. The summed E-state index contributed by atoms with van der Waals surface area (Å²) in [6.07, 6.45) is -0.615. The molecule has 1 aliphatic heterocycles. The maximum Gasteiger partial charge on any atom is 0.323 e. The van der Waals surface area contributed by atoms with E-state index < -0.39 is 28.2 Å². The lowest BCUT2D eigenvalue weighted by Gasteiger charge is -2.33. The fourth-order valence-corrected chi connectivity index (χ4v) is 6.84. The molecule has 2 aromatic carbocycles. The molecule has 3 atom stereocenters. The molecule has 0 saturated heterocycles. The van der Waals surface area contributed by atoms with Gasteiger partial charge in [-0.05, 0) is 48.7 Å². The van der Waals surface area contributed by atoms with Gasteiger partial charge in [0.25, 0.3) is 10.0 Å². The van der Waals surface area contributed by atoms with Crippen molar-refractivity contribution in [1.29, 1.82) is 0 Å². The lowest BCUT2D eigenvalue weighted by Crippen LogP contribution is -2.48. The van der Waals surface area contributed by atoms with Gasteiger partial charge in [-0.2, -0.15) is 4.31 Å². The molecule has 0 spiro atoms. The van der Waals surface area contributed by atoms with Gasteiger partial charge < -0.3 is 25.4 Å². The third-order valence-corrected chi connectivity index (χ3v) is 10.00. The summed E-state index contributed by atoms with van der Waals surface area (Å²) in [6, 6.07) is 16.4. The van der Waals surface area contributed by atoms with E-state index in [9.17, 15) is 23.1 Å². The van der Waals surface area contributed by atoms with Crippen LogP contribution in [0.2, 0.25) is 0 Å². The summed E-state index contributed by atoms with van der Waals surface area (Å²) in [4.78, 5) is 27.6. The summed E-state index contributed by atoms with van der Waals surface area (Å²) in [5, 5.41) is 17.1. The van der Waals surface area contributed by atoms with Crippen LogP contribution >= 0.6 is 11.3 Å². The van der Waals surface area contributed by atoms with E-state index in [1.165, 1.54) is 11.4 Å². The molecule has 3 amide bonds. The Kier molecular flexibility index (Phi) is 9.46. The molecule has 12 heteroatoms. The number of hydrogen-bond acceptors (Lipinski definition) is 7. The second-order valence-electron chi connectivity index (χ2n) is 9.87. The normalized spacial score (nSPS) is 18.6. The largest absolute Gasteiger partial charge is 0.488 e. The Morgan fingerprint density at radius 1 is 1.15 bits per heavy atom. The molecule has 0 radical (unpaired) electrons. The van der Waals surface area contributed by atoms with Crippen molar-refractivity contribution in [3.63, 3.8) is 0 Å². The van der Waals surface area contributed by atoms with E-state index in [1.54, 1.807) is 59.7 Å². The highest BCUT2D eigenvalue weighted by Gasteiger charge is 2.33. The second kappa shape index (κ2) is 12.8. The van der Waals surface area contributed by atoms with Crippen LogP contribution in [0.1, 0.15) is 19.4 Å². The zero-order valence-corrected chi connectivity index (χ0v) is 24.2. The zero-order chi connectivity index (χ0) is 28.9. The molecular weight excluding hydrogens is 552 g/mol. The van der Waals surface area contributed by atoms with Crippen LogP contribution in [0, 0.1) is 5.92 Å². The SMILES string of the molecule is C[C@H](CO)N1C[C@H](C)[C@@H](CN(C)S(=O)(=O)c2cccs2)Oc2ccc(NC(=O)Nc3ccccc3)cc2CC1=O. The minimum atomic E-state index is -3.72. The number of likely N-dealkylation sites (N-methyl/N-ethyl adjacent to an activating group) is 1. The standard InChI is InChI=1S/C28H34N4O6S2/c1-19-16-32(20(2)18-33)26(34)15-21-14-23(30-28(35)29-22-8-5-4-6-9-22)11-12-24(21)38-25(19)17-31(3)40(36,37)27-10-7-13-39-27/h4-14,19-20,25,33H,15-18H2,1-3H3,(H2,29,30,35)/t19-,20+,25+/m0/s1. The van der Waals surface area contributed by atoms with Gasteiger partial charge in [0.05, 0.1) is 25.6 Å². The smallest absolute Gasteiger partial charge is 0.323 e. The van der Waals surface area contributed by atoms with Crippen molar-refractivity contribution in [2.75, 3.05) is 37.4 Å². The summed E-state index contributed by atoms with van der Waals surface area (Å²) in [5.74, 6) is -0.0386. The van der Waals surface area contributed by atoms with Crippen molar-refractivity contribution in [3.8, 4) is 5.75 Å². The van der Waals surface area contributed by atoms with Gasteiger partial charge in [-0.3, -0.25) is 4.79 Å². The van der Waals surface area contributed by atoms with Gasteiger partial charge >= 0.3 is 6.03 Å². The molecule has 0 saturated carbocycles. The van der Waals surface area contributed by atoms with Crippen LogP contribution in [0.4, 0.5) is 16.2 Å². The molecule has 214 valence electrons. The van der Waals surface area contributed by atoms with Crippen molar-refractivity contribution >= 4 is 44.7 Å². The number of ether oxygens (including phenoxy) is 1. The summed E-state index contributed by atoms with van der Waals surface area (Å²) in [5.41, 5.74) is 1.64. The first-order valence-corrected chi connectivity index (χ1v) is 15.2. The molecule has 0 fully saturated rings. The van der Waals surface area contributed by atoms with Gasteiger partial charge in [-0.15, -0.1) is 11.3 Å². The lowest BCUT2D eigenvalue weighted by molar-refractivity contribution is -0.134. The number of nitrogens with one attached hydrogen (secondary N) is 2. The Morgan fingerprint density at radius 2 is 1.88 bits per heavy atom. The molecule has 3 aromatic rings. The average Bonchev–Trinajstić information content (AvgIpc) is 3.49. The van der Waals surface area contributed by atoms with Crippen molar-refractivity contribution in [2.45, 2.75) is 36.6 Å². The number of para-hydroxylation sites is 1. The molecule has 10 nitrogen and oxygen atoms in total. The number of carbonyl (C=O) groups excluding carboxylic acids is 2. The number of amides is 3. The van der Waals surface area contributed by atoms with Crippen molar-refractivity contribution < 1.29 is 27.9 Å². The summed E-state index contributed by atoms with van der Waals surface area (Å²) in [7, 11) is -2.21. The van der Waals surface area contributed by atoms with Crippen LogP contribution in [-0.4, -0.2) is 73.6 Å². The van der Waals surface area contributed by atoms with Gasteiger partial charge in [-0.25, -0.2) is 13.2 Å². The molecule has 40 heavy (non-hydrogen) atoms. The number of rotatable bonds is 8. The minimum Gasteiger partial charge on any atom is -0.488 e. The number of aliphatic hydroxyl groups excluding tert-OH is 1. The molecule has 1 aliphatic rings. The molecule has 0 unspecified atom stereocenters. The van der Waals surface area contributed by atoms with E-state index in [0.717, 1.165) is 11.3 Å². The van der Waals surface area contributed by atoms with Gasteiger partial charge in [0, 0.05) is 36.4 Å².